The Labute approximate surface area is 532 Å². The van der Waals surface area contributed by atoms with Gasteiger partial charge in [0.15, 0.2) is 186 Å². The summed E-state index contributed by atoms with van der Waals surface area (Å²) in [5, 5.41) is 21.5. The molecule has 8 rings (SSSR count). The molecule has 0 aliphatic carbocycles. The Balaban J connectivity index is 0.000000635. The molecule has 101 heavy (non-hydrogen) atoms. The third-order valence-corrected chi connectivity index (χ3v) is 10.7. The van der Waals surface area contributed by atoms with Crippen LogP contribution in [0.5, 0.6) is 0 Å². The summed E-state index contributed by atoms with van der Waals surface area (Å²) in [6.45, 7) is 7.96. The molecule has 0 amide bonds. The van der Waals surface area contributed by atoms with Gasteiger partial charge in [0.05, 0.1) is 44.5 Å². The molecule has 0 radical (unpaired) electrons. The van der Waals surface area contributed by atoms with Crippen molar-refractivity contribution in [1.82, 2.24) is 0 Å². The highest BCUT2D eigenvalue weighted by Gasteiger charge is 2.39. The molecule has 0 heterocycles. The van der Waals surface area contributed by atoms with Crippen LogP contribution in [0.2, 0.25) is 0 Å². The Morgan fingerprint density at radius 2 is 0.178 bits per heavy atom. The van der Waals surface area contributed by atoms with Crippen molar-refractivity contribution in [3.05, 3.63) is 233 Å². The van der Waals surface area contributed by atoms with E-state index >= 15 is 0 Å². The van der Waals surface area contributed by atoms with Gasteiger partial charge in [-0.2, -0.15) is 0 Å². The smallest absolute Gasteiger partial charge is 0.402 e. The SMILES string of the molecule is CCN.CCN.CCN.Fc1c(F)c(F)c(-c2c(F)c(F)c(F)c(F)c2F)c(F)c1F.Fc1c(F)c(F)c(-c2c(F)c(F)c(F)c(F)c2F)c(F)c1F.Fc1c(F)c(F)c(-c2c(F)c(F)c(F)c(F)c2F)c(F)c1F.Fc1c(F)c(F)c(-c2c(F)c(F)c(F)c(F)c2F)c(F)c1F.OB(O)O. The average Bonchev–Trinajstić information content (AvgIpc) is 0.772. The number of halogens is 40. The number of hydrogen-bond donors (Lipinski definition) is 6. The first-order valence-electron chi connectivity index (χ1n) is 24.7. The first-order chi connectivity index (χ1) is 46.4. The zero-order valence-electron chi connectivity index (χ0n) is 47.9. The monoisotopic (exact) mass is 1530 g/mol. The van der Waals surface area contributed by atoms with Crippen LogP contribution in [-0.2, 0) is 0 Å². The maximum Gasteiger partial charge on any atom is 0.631 e. The van der Waals surface area contributed by atoms with Crippen molar-refractivity contribution in [2.45, 2.75) is 20.8 Å². The number of rotatable bonds is 4. The highest BCUT2D eigenvalue weighted by Crippen LogP contribution is 2.42. The quantitative estimate of drug-likeness (QED) is 0.0449. The molecule has 47 heteroatoms. The van der Waals surface area contributed by atoms with Gasteiger partial charge in [-0.15, -0.1) is 0 Å². The minimum atomic E-state index is -2.68. The van der Waals surface area contributed by atoms with Crippen LogP contribution in [0.25, 0.3) is 44.5 Å². The van der Waals surface area contributed by atoms with Gasteiger partial charge >= 0.3 is 7.32 Å². The van der Waals surface area contributed by atoms with Gasteiger partial charge < -0.3 is 32.3 Å². The average molecular weight is 1530 g/mol. The highest BCUT2D eigenvalue weighted by atomic mass is 19.2. The zero-order chi connectivity index (χ0) is 79.4. The summed E-state index contributed by atoms with van der Waals surface area (Å²) in [6, 6.07) is 0. The summed E-state index contributed by atoms with van der Waals surface area (Å²) >= 11 is 0. The molecule has 0 unspecified atom stereocenters. The van der Waals surface area contributed by atoms with Gasteiger partial charge in [-0.1, -0.05) is 20.8 Å². The first kappa shape index (κ1) is 89.8. The van der Waals surface area contributed by atoms with Crippen LogP contribution in [0.15, 0.2) is 0 Å². The molecule has 0 spiro atoms. The molecule has 0 saturated carbocycles. The number of hydrogen-bond acceptors (Lipinski definition) is 6. The molecule has 0 bridgehead atoms. The number of nitrogens with two attached hydrogens (primary N) is 3. The molecule has 6 nitrogen and oxygen atoms in total. The van der Waals surface area contributed by atoms with E-state index in [-0.39, 0.29) is 0 Å². The molecule has 0 saturated heterocycles. The van der Waals surface area contributed by atoms with Crippen molar-refractivity contribution in [2.75, 3.05) is 19.6 Å². The Bertz CT molecular complexity index is 3380. The second-order valence-electron chi connectivity index (χ2n) is 17.1. The van der Waals surface area contributed by atoms with Gasteiger partial charge in [0.2, 0.25) is 46.5 Å². The molecular formula is C54H24BF40N3O3. The predicted octanol–water partition coefficient (Wildman–Crippen LogP) is 16.8. The summed E-state index contributed by atoms with van der Waals surface area (Å²) in [7, 11) is -2.17. The van der Waals surface area contributed by atoms with Crippen LogP contribution >= 0.6 is 0 Å². The fourth-order valence-corrected chi connectivity index (χ4v) is 6.60. The molecular weight excluding hydrogens is 1510 g/mol. The van der Waals surface area contributed by atoms with Crippen LogP contribution in [-0.4, -0.2) is 42.0 Å². The molecule has 556 valence electrons. The fraction of sp³-hybridized carbons (Fsp3) is 0.111. The van der Waals surface area contributed by atoms with Crippen molar-refractivity contribution >= 4 is 7.32 Å². The molecule has 0 aromatic heterocycles. The van der Waals surface area contributed by atoms with E-state index in [1.807, 2.05) is 20.8 Å². The molecule has 0 aliphatic heterocycles. The fourth-order valence-electron chi connectivity index (χ4n) is 6.60. The Hall–Kier alpha value is -9.22. The lowest BCUT2D eigenvalue weighted by Crippen LogP contribution is -2.10. The molecule has 0 aliphatic rings. The van der Waals surface area contributed by atoms with Crippen molar-refractivity contribution in [3.63, 3.8) is 0 Å². The standard InChI is InChI=1S/4C12F10.3C2H7N.BH3O3/c4*13-3-1(4(14)8(18)11(21)7(3)17)2-5(15)9(19)12(22)10(20)6(2)16;3*1-2-3;2-1(3)4/h;;;;3*2-3H2,1H3;2-4H. The predicted molar refractivity (Wildman–Crippen MR) is 262 cm³/mol. The lowest BCUT2D eigenvalue weighted by molar-refractivity contribution is 0.278. The summed E-state index contributed by atoms with van der Waals surface area (Å²) in [6.07, 6.45) is 0. The molecule has 0 atom stereocenters. The van der Waals surface area contributed by atoms with Crippen LogP contribution in [0.1, 0.15) is 20.8 Å². The van der Waals surface area contributed by atoms with E-state index in [0.29, 0.717) is 0 Å². The van der Waals surface area contributed by atoms with Crippen LogP contribution in [0, 0.1) is 233 Å². The van der Waals surface area contributed by atoms with E-state index in [1.54, 1.807) is 0 Å². The van der Waals surface area contributed by atoms with Gasteiger partial charge in [0.25, 0.3) is 0 Å². The summed E-state index contributed by atoms with van der Waals surface area (Å²) < 4.78 is 525. The normalized spacial score (nSPS) is 10.5. The zero-order valence-corrected chi connectivity index (χ0v) is 47.9. The lowest BCUT2D eigenvalue weighted by Gasteiger charge is -2.11. The topological polar surface area (TPSA) is 139 Å². The van der Waals surface area contributed by atoms with Crippen LogP contribution < -0.4 is 17.2 Å². The van der Waals surface area contributed by atoms with E-state index in [2.05, 4.69) is 0 Å². The van der Waals surface area contributed by atoms with E-state index in [4.69, 9.17) is 32.3 Å². The van der Waals surface area contributed by atoms with Gasteiger partial charge in [0.1, 0.15) is 0 Å². The van der Waals surface area contributed by atoms with Gasteiger partial charge in [0, 0.05) is 0 Å². The Morgan fingerprint density at radius 3 is 0.218 bits per heavy atom. The Kier molecular flexibility index (Phi) is 32.8. The second-order valence-corrected chi connectivity index (χ2v) is 17.1. The number of benzene rings is 8. The van der Waals surface area contributed by atoms with E-state index in [1.165, 1.54) is 0 Å². The lowest BCUT2D eigenvalue weighted by atomic mass is 10.0. The largest absolute Gasteiger partial charge is 0.631 e. The van der Waals surface area contributed by atoms with E-state index in [9.17, 15) is 176 Å². The van der Waals surface area contributed by atoms with Crippen LogP contribution in [0.4, 0.5) is 176 Å². The summed E-state index contributed by atoms with van der Waals surface area (Å²) in [5.74, 6) is -107. The van der Waals surface area contributed by atoms with Crippen molar-refractivity contribution in [3.8, 4) is 44.5 Å². The van der Waals surface area contributed by atoms with Crippen molar-refractivity contribution < 1.29 is 191 Å². The third-order valence-electron chi connectivity index (χ3n) is 10.7. The first-order valence-corrected chi connectivity index (χ1v) is 24.7. The van der Waals surface area contributed by atoms with Crippen LogP contribution in [0.3, 0.4) is 0 Å². The third kappa shape index (κ3) is 18.1. The van der Waals surface area contributed by atoms with Gasteiger partial charge in [-0.05, 0) is 19.6 Å². The second kappa shape index (κ2) is 36.9. The highest BCUT2D eigenvalue weighted by molar-refractivity contribution is 6.30. The molecule has 0 fully saturated rings. The van der Waals surface area contributed by atoms with Crippen molar-refractivity contribution in [2.24, 2.45) is 17.2 Å². The molecule has 8 aromatic carbocycles. The van der Waals surface area contributed by atoms with Crippen molar-refractivity contribution in [1.29, 1.82) is 0 Å². The summed E-state index contributed by atoms with van der Waals surface area (Å²) in [4.78, 5) is 0. The van der Waals surface area contributed by atoms with Gasteiger partial charge in [-0.25, -0.2) is 176 Å². The Morgan fingerprint density at radius 1 is 0.149 bits per heavy atom. The van der Waals surface area contributed by atoms with E-state index < -0.39 is 285 Å². The molecule has 9 N–H and O–H groups in total. The van der Waals surface area contributed by atoms with Gasteiger partial charge in [-0.3, -0.25) is 0 Å². The maximum absolute atomic E-state index is 13.4. The molecule has 8 aromatic rings. The minimum absolute atomic E-state index is 0.750. The summed E-state index contributed by atoms with van der Waals surface area (Å²) in [5.41, 5.74) is -3.54. The maximum atomic E-state index is 13.4. The van der Waals surface area contributed by atoms with E-state index in [0.717, 1.165) is 19.6 Å². The minimum Gasteiger partial charge on any atom is -0.402 e.